The second-order valence-electron chi connectivity index (χ2n) is 6.65. The van der Waals surface area contributed by atoms with Crippen LogP contribution in [0.2, 0.25) is 0 Å². The van der Waals surface area contributed by atoms with E-state index in [0.717, 1.165) is 5.56 Å². The first-order valence-electron chi connectivity index (χ1n) is 7.43. The fourth-order valence-corrected chi connectivity index (χ4v) is 2.49. The molecular formula is C16H19N5O2. The Morgan fingerprint density at radius 1 is 1.26 bits per heavy atom. The Kier molecular flexibility index (Phi) is 3.63. The third-order valence-corrected chi connectivity index (χ3v) is 3.78. The lowest BCUT2D eigenvalue weighted by molar-refractivity contribution is -0.129. The molecule has 1 saturated heterocycles. The molecule has 0 saturated carbocycles. The largest absolute Gasteiger partial charge is 0.325 e. The van der Waals surface area contributed by atoms with Gasteiger partial charge in [0.05, 0.1) is 6.54 Å². The van der Waals surface area contributed by atoms with Gasteiger partial charge in [0, 0.05) is 18.6 Å². The van der Waals surface area contributed by atoms with Crippen molar-refractivity contribution in [3.8, 4) is 5.82 Å². The summed E-state index contributed by atoms with van der Waals surface area (Å²) in [6, 6.07) is 4.62. The van der Waals surface area contributed by atoms with Gasteiger partial charge in [0.1, 0.15) is 6.04 Å². The average molecular weight is 313 g/mol. The van der Waals surface area contributed by atoms with Crippen molar-refractivity contribution >= 4 is 11.9 Å². The van der Waals surface area contributed by atoms with Gasteiger partial charge in [-0.15, -0.1) is 0 Å². The van der Waals surface area contributed by atoms with Gasteiger partial charge >= 0.3 is 6.03 Å². The number of nitrogens with zero attached hydrogens (tertiary/aromatic N) is 4. The Hall–Kier alpha value is -2.70. The minimum Gasteiger partial charge on any atom is -0.325 e. The Balaban J connectivity index is 1.74. The monoisotopic (exact) mass is 313 g/mol. The molecule has 0 aromatic carbocycles. The van der Waals surface area contributed by atoms with E-state index in [-0.39, 0.29) is 23.9 Å². The number of pyridine rings is 1. The summed E-state index contributed by atoms with van der Waals surface area (Å²) in [5.74, 6) is 0.488. The maximum Gasteiger partial charge on any atom is 0.325 e. The van der Waals surface area contributed by atoms with E-state index >= 15 is 0 Å². The van der Waals surface area contributed by atoms with Gasteiger partial charge in [0.25, 0.3) is 5.91 Å². The lowest BCUT2D eigenvalue weighted by atomic mass is 9.87. The highest BCUT2D eigenvalue weighted by Gasteiger charge is 2.44. The number of urea groups is 1. The smallest absolute Gasteiger partial charge is 0.325 e. The number of amides is 3. The lowest BCUT2D eigenvalue weighted by Gasteiger charge is -2.24. The molecule has 120 valence electrons. The molecule has 0 radical (unpaired) electrons. The number of hydrogen-bond donors (Lipinski definition) is 1. The van der Waals surface area contributed by atoms with Gasteiger partial charge in [-0.2, -0.15) is 5.10 Å². The summed E-state index contributed by atoms with van der Waals surface area (Å²) in [7, 11) is 0. The molecule has 7 nitrogen and oxygen atoms in total. The summed E-state index contributed by atoms with van der Waals surface area (Å²) in [5, 5.41) is 6.86. The first-order chi connectivity index (χ1) is 10.9. The molecule has 3 amide bonds. The van der Waals surface area contributed by atoms with Gasteiger partial charge in [-0.05, 0) is 23.1 Å². The zero-order valence-corrected chi connectivity index (χ0v) is 13.4. The second kappa shape index (κ2) is 5.49. The van der Waals surface area contributed by atoms with E-state index in [9.17, 15) is 9.59 Å². The maximum atomic E-state index is 12.4. The number of aromatic nitrogens is 3. The van der Waals surface area contributed by atoms with Gasteiger partial charge in [-0.1, -0.05) is 26.8 Å². The summed E-state index contributed by atoms with van der Waals surface area (Å²) < 4.78 is 1.65. The average Bonchev–Trinajstić information content (AvgIpc) is 3.11. The van der Waals surface area contributed by atoms with Crippen LogP contribution in [0.15, 0.2) is 36.8 Å². The molecule has 0 spiro atoms. The van der Waals surface area contributed by atoms with Crippen LogP contribution in [0.25, 0.3) is 5.82 Å². The van der Waals surface area contributed by atoms with E-state index in [1.165, 1.54) is 4.90 Å². The van der Waals surface area contributed by atoms with Crippen molar-refractivity contribution in [1.29, 1.82) is 0 Å². The summed E-state index contributed by atoms with van der Waals surface area (Å²) in [5.41, 5.74) is 0.475. The third kappa shape index (κ3) is 2.94. The number of carbonyl (C=O) groups excluding carboxylic acids is 2. The van der Waals surface area contributed by atoms with Gasteiger partial charge in [-0.3, -0.25) is 9.69 Å². The van der Waals surface area contributed by atoms with Crippen molar-refractivity contribution in [2.75, 3.05) is 0 Å². The summed E-state index contributed by atoms with van der Waals surface area (Å²) in [4.78, 5) is 30.0. The van der Waals surface area contributed by atoms with Crippen molar-refractivity contribution in [1.82, 2.24) is 25.0 Å². The van der Waals surface area contributed by atoms with Gasteiger partial charge in [-0.25, -0.2) is 14.5 Å². The molecular weight excluding hydrogens is 294 g/mol. The molecule has 2 aromatic heterocycles. The Morgan fingerprint density at radius 3 is 2.57 bits per heavy atom. The standard InChI is InChI=1S/C16H19N5O2/c1-16(2,3)13-14(22)20(15(23)19-13)10-11-5-6-12(17-9-11)21-8-4-7-18-21/h4-9,13H,10H2,1-3H3,(H,19,23)/t13-/m1/s1. The fourth-order valence-electron chi connectivity index (χ4n) is 2.49. The SMILES string of the molecule is CC(C)(C)[C@@H]1NC(=O)N(Cc2ccc(-n3cccn3)nc2)C1=O. The molecule has 23 heavy (non-hydrogen) atoms. The van der Waals surface area contributed by atoms with Crippen molar-refractivity contribution in [3.63, 3.8) is 0 Å². The van der Waals surface area contributed by atoms with Crippen molar-refractivity contribution in [2.45, 2.75) is 33.4 Å². The van der Waals surface area contributed by atoms with Crippen LogP contribution < -0.4 is 5.32 Å². The first-order valence-corrected chi connectivity index (χ1v) is 7.43. The Bertz CT molecular complexity index is 716. The summed E-state index contributed by atoms with van der Waals surface area (Å²) >= 11 is 0. The predicted molar refractivity (Wildman–Crippen MR) is 83.7 cm³/mol. The molecule has 2 aromatic rings. The van der Waals surface area contributed by atoms with Crippen LogP contribution in [0.1, 0.15) is 26.3 Å². The van der Waals surface area contributed by atoms with Crippen LogP contribution in [0, 0.1) is 5.41 Å². The van der Waals surface area contributed by atoms with Crippen LogP contribution in [0.5, 0.6) is 0 Å². The van der Waals surface area contributed by atoms with E-state index in [1.54, 1.807) is 23.3 Å². The number of rotatable bonds is 3. The minimum absolute atomic E-state index is 0.196. The number of imide groups is 1. The van der Waals surface area contributed by atoms with Crippen molar-refractivity contribution < 1.29 is 9.59 Å². The molecule has 1 aliphatic rings. The molecule has 1 N–H and O–H groups in total. The molecule has 0 bridgehead atoms. The summed E-state index contributed by atoms with van der Waals surface area (Å²) in [6.45, 7) is 6.00. The van der Waals surface area contributed by atoms with Crippen molar-refractivity contribution in [3.05, 3.63) is 42.4 Å². The maximum absolute atomic E-state index is 12.4. The van der Waals surface area contributed by atoms with Crippen molar-refractivity contribution in [2.24, 2.45) is 5.41 Å². The zero-order chi connectivity index (χ0) is 16.6. The van der Waals surface area contributed by atoms with Crippen LogP contribution in [-0.4, -0.2) is 37.6 Å². The highest BCUT2D eigenvalue weighted by molar-refractivity contribution is 6.04. The van der Waals surface area contributed by atoms with Gasteiger partial charge in [0.15, 0.2) is 5.82 Å². The molecule has 7 heteroatoms. The highest BCUT2D eigenvalue weighted by atomic mass is 16.2. The molecule has 0 unspecified atom stereocenters. The Morgan fingerprint density at radius 2 is 2.04 bits per heavy atom. The zero-order valence-electron chi connectivity index (χ0n) is 13.4. The molecule has 1 atom stereocenters. The molecule has 1 fully saturated rings. The van der Waals surface area contributed by atoms with Crippen LogP contribution in [0.4, 0.5) is 4.79 Å². The first kappa shape index (κ1) is 15.2. The quantitative estimate of drug-likeness (QED) is 0.875. The van der Waals surface area contributed by atoms with E-state index < -0.39 is 6.04 Å². The lowest BCUT2D eigenvalue weighted by Crippen LogP contribution is -2.41. The summed E-state index contributed by atoms with van der Waals surface area (Å²) in [6.07, 6.45) is 5.13. The van der Waals surface area contributed by atoms with E-state index in [1.807, 2.05) is 39.0 Å². The molecule has 0 aliphatic carbocycles. The molecule has 3 heterocycles. The van der Waals surface area contributed by atoms with Crippen LogP contribution in [-0.2, 0) is 11.3 Å². The third-order valence-electron chi connectivity index (χ3n) is 3.78. The van der Waals surface area contributed by atoms with Gasteiger partial charge < -0.3 is 5.32 Å². The van der Waals surface area contributed by atoms with Gasteiger partial charge in [0.2, 0.25) is 0 Å². The normalized spacial score (nSPS) is 18.4. The second-order valence-corrected chi connectivity index (χ2v) is 6.65. The van der Waals surface area contributed by atoms with Crippen LogP contribution in [0.3, 0.4) is 0 Å². The van der Waals surface area contributed by atoms with Crippen LogP contribution >= 0.6 is 0 Å². The number of nitrogens with one attached hydrogen (secondary N) is 1. The fraction of sp³-hybridized carbons (Fsp3) is 0.375. The topological polar surface area (TPSA) is 80.1 Å². The van der Waals surface area contributed by atoms with E-state index in [2.05, 4.69) is 15.4 Å². The predicted octanol–water partition coefficient (Wildman–Crippen LogP) is 1.73. The van der Waals surface area contributed by atoms with E-state index in [0.29, 0.717) is 5.82 Å². The molecule has 1 aliphatic heterocycles. The number of hydrogen-bond acceptors (Lipinski definition) is 4. The minimum atomic E-state index is -0.494. The molecule has 3 rings (SSSR count). The number of carbonyl (C=O) groups is 2. The highest BCUT2D eigenvalue weighted by Crippen LogP contribution is 2.25. The van der Waals surface area contributed by atoms with E-state index in [4.69, 9.17) is 0 Å². The Labute approximate surface area is 134 Å².